The molecule has 0 aliphatic heterocycles. The van der Waals surface area contributed by atoms with Crippen molar-refractivity contribution in [1.29, 1.82) is 0 Å². The molecule has 0 heteroatoms. The van der Waals surface area contributed by atoms with Crippen LogP contribution in [0.1, 0.15) is 81.6 Å². The minimum atomic E-state index is 0.831. The average molecular weight is 216 g/mol. The molecule has 1 atom stereocenters. The van der Waals surface area contributed by atoms with E-state index in [-0.39, 0.29) is 0 Å². The van der Waals surface area contributed by atoms with Crippen LogP contribution in [0.25, 0.3) is 0 Å². The number of hydrogen-bond donors (Lipinski definition) is 0. The Balaban J connectivity index is -0.0000000860. The first-order valence-corrected chi connectivity index (χ1v) is 6.87. The number of hydrogen-bond acceptors (Lipinski definition) is 0. The Morgan fingerprint density at radius 2 is 1.27 bits per heavy atom. The van der Waals surface area contributed by atoms with Crippen LogP contribution in [0.3, 0.4) is 0 Å². The predicted molar refractivity (Wildman–Crippen MR) is 77.5 cm³/mol. The van der Waals surface area contributed by atoms with E-state index in [1.54, 1.807) is 0 Å². The largest absolute Gasteiger partial charge is 0.0999 e. The van der Waals surface area contributed by atoms with Gasteiger partial charge < -0.3 is 0 Å². The van der Waals surface area contributed by atoms with Crippen LogP contribution >= 0.6 is 0 Å². The van der Waals surface area contributed by atoms with Gasteiger partial charge in [0.25, 0.3) is 0 Å². The Morgan fingerprint density at radius 3 is 1.47 bits per heavy atom. The molecule has 0 aromatic rings. The molecule has 96 valence electrons. The molecular weight excluding hydrogens is 180 g/mol. The number of rotatable bonds is 4. The topological polar surface area (TPSA) is 0 Å². The van der Waals surface area contributed by atoms with E-state index in [0.29, 0.717) is 0 Å². The van der Waals surface area contributed by atoms with Gasteiger partial charge in [-0.15, -0.1) is 0 Å². The molecule has 0 N–H and O–H groups in total. The van der Waals surface area contributed by atoms with Crippen molar-refractivity contribution in [3.05, 3.63) is 12.2 Å². The molecule has 0 rings (SSSR count). The van der Waals surface area contributed by atoms with E-state index in [2.05, 4.69) is 27.4 Å². The molecule has 0 aromatic heterocycles. The second kappa shape index (κ2) is 29.2. The Hall–Kier alpha value is -0.260. The highest BCUT2D eigenvalue weighted by Gasteiger charge is 1.98. The Morgan fingerprint density at radius 1 is 0.933 bits per heavy atom. The standard InChI is InChI=1S/C9H18.3C2H6/c1-5-8(3)7-9(4)6-2;3*1-2/h9H,3,5-7H2,1-2,4H3;3*1-2H3. The van der Waals surface area contributed by atoms with Crippen molar-refractivity contribution in [2.45, 2.75) is 81.6 Å². The summed E-state index contributed by atoms with van der Waals surface area (Å²) < 4.78 is 0. The van der Waals surface area contributed by atoms with E-state index >= 15 is 0 Å². The Labute approximate surface area is 100 Å². The molecule has 0 nitrogen and oxygen atoms in total. The fourth-order valence-electron chi connectivity index (χ4n) is 0.781. The van der Waals surface area contributed by atoms with Gasteiger partial charge in [0.05, 0.1) is 0 Å². The van der Waals surface area contributed by atoms with Crippen LogP contribution in [0.5, 0.6) is 0 Å². The minimum Gasteiger partial charge on any atom is -0.0999 e. The second-order valence-corrected chi connectivity index (χ2v) is 2.82. The first-order valence-electron chi connectivity index (χ1n) is 6.87. The van der Waals surface area contributed by atoms with Gasteiger partial charge in [-0.1, -0.05) is 80.9 Å². The normalized spacial score (nSPS) is 9.13. The maximum atomic E-state index is 3.96. The first kappa shape index (κ1) is 24.1. The van der Waals surface area contributed by atoms with Crippen LogP contribution in [-0.4, -0.2) is 0 Å². The monoisotopic (exact) mass is 216 g/mol. The first-order chi connectivity index (χ1) is 7.20. The van der Waals surface area contributed by atoms with Crippen LogP contribution in [0, 0.1) is 5.92 Å². The summed E-state index contributed by atoms with van der Waals surface area (Å²) in [5, 5.41) is 0. The Kier molecular flexibility index (Phi) is 47.0. The summed E-state index contributed by atoms with van der Waals surface area (Å²) in [4.78, 5) is 0. The zero-order valence-corrected chi connectivity index (χ0v) is 12.9. The Bertz CT molecular complexity index is 82.0. The highest BCUT2D eigenvalue weighted by Crippen LogP contribution is 2.14. The van der Waals surface area contributed by atoms with Gasteiger partial charge in [0, 0.05) is 0 Å². The molecule has 0 fully saturated rings. The summed E-state index contributed by atoms with van der Waals surface area (Å²) in [6.45, 7) is 22.6. The summed E-state index contributed by atoms with van der Waals surface area (Å²) in [6.07, 6.45) is 3.64. The lowest BCUT2D eigenvalue weighted by molar-refractivity contribution is 0.551. The summed E-state index contributed by atoms with van der Waals surface area (Å²) in [6, 6.07) is 0. The lowest BCUT2D eigenvalue weighted by Crippen LogP contribution is -1.92. The van der Waals surface area contributed by atoms with Gasteiger partial charge in [0.15, 0.2) is 0 Å². The van der Waals surface area contributed by atoms with Crippen LogP contribution < -0.4 is 0 Å². The molecule has 0 saturated heterocycles. The van der Waals surface area contributed by atoms with Crippen LogP contribution in [-0.2, 0) is 0 Å². The molecule has 0 bridgehead atoms. The molecule has 0 spiro atoms. The van der Waals surface area contributed by atoms with Crippen LogP contribution in [0.4, 0.5) is 0 Å². The van der Waals surface area contributed by atoms with Crippen LogP contribution in [0.2, 0.25) is 0 Å². The molecule has 0 saturated carbocycles. The van der Waals surface area contributed by atoms with Gasteiger partial charge in [-0.3, -0.25) is 0 Å². The molecule has 0 amide bonds. The zero-order chi connectivity index (χ0) is 13.3. The summed E-state index contributed by atoms with van der Waals surface area (Å²) in [7, 11) is 0. The smallest absolute Gasteiger partial charge is 0.0297 e. The van der Waals surface area contributed by atoms with Crippen molar-refractivity contribution in [3.63, 3.8) is 0 Å². The highest BCUT2D eigenvalue weighted by atomic mass is 14.0. The minimum absolute atomic E-state index is 0.831. The summed E-state index contributed by atoms with van der Waals surface area (Å²) in [5.41, 5.74) is 1.39. The molecule has 0 radical (unpaired) electrons. The molecule has 15 heavy (non-hydrogen) atoms. The lowest BCUT2D eigenvalue weighted by Gasteiger charge is -2.07. The molecule has 0 aliphatic carbocycles. The van der Waals surface area contributed by atoms with Crippen molar-refractivity contribution in [2.24, 2.45) is 5.92 Å². The predicted octanol–water partition coefficient (Wildman–Crippen LogP) is 6.47. The van der Waals surface area contributed by atoms with Crippen molar-refractivity contribution >= 4 is 0 Å². The van der Waals surface area contributed by atoms with Gasteiger partial charge in [-0.25, -0.2) is 0 Å². The summed E-state index contributed by atoms with van der Waals surface area (Å²) >= 11 is 0. The molecule has 1 unspecified atom stereocenters. The third-order valence-corrected chi connectivity index (χ3v) is 1.83. The van der Waals surface area contributed by atoms with E-state index < -0.39 is 0 Å². The third-order valence-electron chi connectivity index (χ3n) is 1.83. The van der Waals surface area contributed by atoms with Gasteiger partial charge in [-0.2, -0.15) is 0 Å². The van der Waals surface area contributed by atoms with E-state index in [1.165, 1.54) is 18.4 Å². The zero-order valence-electron chi connectivity index (χ0n) is 12.9. The third kappa shape index (κ3) is 31.6. The van der Waals surface area contributed by atoms with Gasteiger partial charge in [0.2, 0.25) is 0 Å². The number of allylic oxidation sites excluding steroid dienone is 1. The van der Waals surface area contributed by atoms with Crippen molar-refractivity contribution in [2.75, 3.05) is 0 Å². The van der Waals surface area contributed by atoms with Crippen LogP contribution in [0.15, 0.2) is 12.2 Å². The summed E-state index contributed by atoms with van der Waals surface area (Å²) in [5.74, 6) is 0.831. The SMILES string of the molecule is C=C(CC)CC(C)CC.CC.CC.CC. The van der Waals surface area contributed by atoms with E-state index in [4.69, 9.17) is 0 Å². The molecular formula is C15H36. The van der Waals surface area contributed by atoms with Crippen molar-refractivity contribution < 1.29 is 0 Å². The maximum absolute atomic E-state index is 3.96. The van der Waals surface area contributed by atoms with Gasteiger partial charge >= 0.3 is 0 Å². The molecule has 0 aromatic carbocycles. The van der Waals surface area contributed by atoms with Crippen molar-refractivity contribution in [1.82, 2.24) is 0 Å². The van der Waals surface area contributed by atoms with Crippen molar-refractivity contribution in [3.8, 4) is 0 Å². The van der Waals surface area contributed by atoms with Gasteiger partial charge in [0.1, 0.15) is 0 Å². The fraction of sp³-hybridized carbons (Fsp3) is 0.867. The maximum Gasteiger partial charge on any atom is -0.0297 e. The second-order valence-electron chi connectivity index (χ2n) is 2.82. The average Bonchev–Trinajstić information content (AvgIpc) is 2.36. The molecule has 0 heterocycles. The molecule has 0 aliphatic rings. The van der Waals surface area contributed by atoms with E-state index in [1.807, 2.05) is 41.5 Å². The quantitative estimate of drug-likeness (QED) is 0.473. The highest BCUT2D eigenvalue weighted by molar-refractivity contribution is 4.93. The van der Waals surface area contributed by atoms with Gasteiger partial charge in [-0.05, 0) is 18.8 Å². The fourth-order valence-corrected chi connectivity index (χ4v) is 0.781. The van der Waals surface area contributed by atoms with E-state index in [0.717, 1.165) is 12.3 Å². The van der Waals surface area contributed by atoms with E-state index in [9.17, 15) is 0 Å². The lowest BCUT2D eigenvalue weighted by atomic mass is 9.99.